The number of benzene rings is 1. The zero-order valence-corrected chi connectivity index (χ0v) is 7.44. The summed E-state index contributed by atoms with van der Waals surface area (Å²) in [5.41, 5.74) is 1.16. The van der Waals surface area contributed by atoms with Crippen LogP contribution in [-0.2, 0) is 0 Å². The van der Waals surface area contributed by atoms with Gasteiger partial charge in [0.25, 0.3) is 0 Å². The Balaban J connectivity index is 3.35. The van der Waals surface area contributed by atoms with Crippen molar-refractivity contribution in [1.82, 2.24) is 0 Å². The normalized spacial score (nSPS) is 9.27. The molecule has 0 amide bonds. The molecule has 0 unspecified atom stereocenters. The summed E-state index contributed by atoms with van der Waals surface area (Å²) in [5, 5.41) is 8.54. The van der Waals surface area contributed by atoms with Crippen molar-refractivity contribution in [2.75, 3.05) is 0 Å². The fourth-order valence-corrected chi connectivity index (χ4v) is 1.11. The zero-order chi connectivity index (χ0) is 8.43. The lowest BCUT2D eigenvalue weighted by Crippen LogP contribution is -1.85. The molecular weight excluding hydrogens is 209 g/mol. The molecule has 11 heavy (non-hydrogen) atoms. The van der Waals surface area contributed by atoms with Crippen molar-refractivity contribution in [2.45, 2.75) is 6.92 Å². The van der Waals surface area contributed by atoms with Crippen LogP contribution in [0, 0.1) is 24.1 Å². The van der Waals surface area contributed by atoms with E-state index in [1.807, 2.05) is 6.07 Å². The van der Waals surface area contributed by atoms with Gasteiger partial charge in [0.2, 0.25) is 0 Å². The minimum atomic E-state index is -0.332. The molecule has 1 nitrogen and oxygen atoms in total. The lowest BCUT2D eigenvalue weighted by molar-refractivity contribution is 0.619. The number of hydrogen-bond donors (Lipinski definition) is 0. The molecule has 3 heteroatoms. The molecule has 0 saturated carbocycles. The molecule has 0 aliphatic rings. The van der Waals surface area contributed by atoms with E-state index in [0.29, 0.717) is 15.6 Å². The molecule has 56 valence electrons. The van der Waals surface area contributed by atoms with Crippen LogP contribution in [0.15, 0.2) is 16.6 Å². The van der Waals surface area contributed by atoms with Crippen LogP contribution in [0.1, 0.15) is 11.1 Å². The van der Waals surface area contributed by atoms with Crippen molar-refractivity contribution >= 4 is 15.9 Å². The Hall–Kier alpha value is -0.880. The summed E-state index contributed by atoms with van der Waals surface area (Å²) < 4.78 is 13.1. The standard InChI is InChI=1S/C8H5BrFN/c1-5-2-8(10)7(9)3-6(5)4-11/h2-3H,1H3. The first kappa shape index (κ1) is 8.22. The predicted molar refractivity (Wildman–Crippen MR) is 43.6 cm³/mol. The number of halogens is 2. The SMILES string of the molecule is Cc1cc(F)c(Br)cc1C#N. The Bertz CT molecular complexity index is 328. The van der Waals surface area contributed by atoms with Crippen molar-refractivity contribution in [2.24, 2.45) is 0 Å². The molecule has 0 spiro atoms. The second-order valence-electron chi connectivity index (χ2n) is 2.19. The summed E-state index contributed by atoms with van der Waals surface area (Å²) in [6.07, 6.45) is 0. The first-order chi connectivity index (χ1) is 5.15. The summed E-state index contributed by atoms with van der Waals surface area (Å²) in [7, 11) is 0. The number of rotatable bonds is 0. The van der Waals surface area contributed by atoms with Crippen LogP contribution in [0.25, 0.3) is 0 Å². The van der Waals surface area contributed by atoms with Crippen molar-refractivity contribution in [1.29, 1.82) is 5.26 Å². The van der Waals surface area contributed by atoms with Gasteiger partial charge in [-0.05, 0) is 40.5 Å². The van der Waals surface area contributed by atoms with Gasteiger partial charge in [0.1, 0.15) is 5.82 Å². The van der Waals surface area contributed by atoms with E-state index in [9.17, 15) is 4.39 Å². The third kappa shape index (κ3) is 1.58. The molecule has 1 aromatic rings. The van der Waals surface area contributed by atoms with Gasteiger partial charge in [0, 0.05) is 0 Å². The van der Waals surface area contributed by atoms with Gasteiger partial charge in [-0.25, -0.2) is 4.39 Å². The van der Waals surface area contributed by atoms with Crippen LogP contribution in [0.2, 0.25) is 0 Å². The summed E-state index contributed by atoms with van der Waals surface area (Å²) in [4.78, 5) is 0. The Morgan fingerprint density at radius 2 is 2.18 bits per heavy atom. The van der Waals surface area contributed by atoms with E-state index in [-0.39, 0.29) is 5.82 Å². The molecule has 0 bridgehead atoms. The van der Waals surface area contributed by atoms with E-state index in [1.165, 1.54) is 12.1 Å². The molecule has 1 rings (SSSR count). The quantitative estimate of drug-likeness (QED) is 0.651. The Labute approximate surface area is 72.6 Å². The molecule has 0 saturated heterocycles. The van der Waals surface area contributed by atoms with E-state index in [2.05, 4.69) is 15.9 Å². The Morgan fingerprint density at radius 3 is 2.73 bits per heavy atom. The van der Waals surface area contributed by atoms with Crippen LogP contribution < -0.4 is 0 Å². The monoisotopic (exact) mass is 213 g/mol. The van der Waals surface area contributed by atoms with Crippen molar-refractivity contribution in [3.63, 3.8) is 0 Å². The average molecular weight is 214 g/mol. The molecule has 0 heterocycles. The second-order valence-corrected chi connectivity index (χ2v) is 3.05. The van der Waals surface area contributed by atoms with Gasteiger partial charge in [-0.3, -0.25) is 0 Å². The van der Waals surface area contributed by atoms with Gasteiger partial charge in [-0.2, -0.15) is 5.26 Å². The maximum atomic E-state index is 12.7. The highest BCUT2D eigenvalue weighted by molar-refractivity contribution is 9.10. The van der Waals surface area contributed by atoms with Crippen LogP contribution in [0.4, 0.5) is 4.39 Å². The van der Waals surface area contributed by atoms with Crippen molar-refractivity contribution < 1.29 is 4.39 Å². The predicted octanol–water partition coefficient (Wildman–Crippen LogP) is 2.77. The lowest BCUT2D eigenvalue weighted by atomic mass is 10.1. The maximum Gasteiger partial charge on any atom is 0.137 e. The first-order valence-electron chi connectivity index (χ1n) is 3.01. The average Bonchev–Trinajstić information content (AvgIpc) is 1.97. The van der Waals surface area contributed by atoms with Crippen LogP contribution in [0.3, 0.4) is 0 Å². The Morgan fingerprint density at radius 1 is 1.55 bits per heavy atom. The number of nitriles is 1. The van der Waals surface area contributed by atoms with Gasteiger partial charge in [-0.15, -0.1) is 0 Å². The maximum absolute atomic E-state index is 12.7. The molecular formula is C8H5BrFN. The van der Waals surface area contributed by atoms with Gasteiger partial charge in [0.15, 0.2) is 0 Å². The van der Waals surface area contributed by atoms with E-state index in [0.717, 1.165) is 0 Å². The topological polar surface area (TPSA) is 23.8 Å². The van der Waals surface area contributed by atoms with Gasteiger partial charge >= 0.3 is 0 Å². The highest BCUT2D eigenvalue weighted by Gasteiger charge is 2.03. The van der Waals surface area contributed by atoms with Gasteiger partial charge in [0.05, 0.1) is 16.1 Å². The van der Waals surface area contributed by atoms with Gasteiger partial charge in [-0.1, -0.05) is 0 Å². The molecule has 0 fully saturated rings. The Kier molecular flexibility index (Phi) is 2.25. The zero-order valence-electron chi connectivity index (χ0n) is 5.86. The highest BCUT2D eigenvalue weighted by atomic mass is 79.9. The van der Waals surface area contributed by atoms with Gasteiger partial charge < -0.3 is 0 Å². The van der Waals surface area contributed by atoms with E-state index in [1.54, 1.807) is 6.92 Å². The van der Waals surface area contributed by atoms with Crippen LogP contribution >= 0.6 is 15.9 Å². The molecule has 0 radical (unpaired) electrons. The third-order valence-corrected chi connectivity index (χ3v) is 2.00. The van der Waals surface area contributed by atoms with Crippen LogP contribution in [0.5, 0.6) is 0 Å². The molecule has 0 atom stereocenters. The van der Waals surface area contributed by atoms with E-state index >= 15 is 0 Å². The van der Waals surface area contributed by atoms with E-state index in [4.69, 9.17) is 5.26 Å². The van der Waals surface area contributed by atoms with Crippen LogP contribution in [-0.4, -0.2) is 0 Å². The van der Waals surface area contributed by atoms with Crippen molar-refractivity contribution in [3.8, 4) is 6.07 Å². The minimum Gasteiger partial charge on any atom is -0.206 e. The molecule has 0 aromatic heterocycles. The third-order valence-electron chi connectivity index (χ3n) is 1.39. The molecule has 0 N–H and O–H groups in total. The fourth-order valence-electron chi connectivity index (χ4n) is 0.767. The largest absolute Gasteiger partial charge is 0.206 e. The fraction of sp³-hybridized carbons (Fsp3) is 0.125. The second kappa shape index (κ2) is 3.02. The number of nitrogens with zero attached hydrogens (tertiary/aromatic N) is 1. The van der Waals surface area contributed by atoms with Crippen molar-refractivity contribution in [3.05, 3.63) is 33.5 Å². The lowest BCUT2D eigenvalue weighted by Gasteiger charge is -1.98. The smallest absolute Gasteiger partial charge is 0.137 e. The van der Waals surface area contributed by atoms with E-state index < -0.39 is 0 Å². The molecule has 1 aromatic carbocycles. The summed E-state index contributed by atoms with van der Waals surface area (Å²) in [6.45, 7) is 1.70. The molecule has 0 aliphatic heterocycles. The minimum absolute atomic E-state index is 0.332. The molecule has 0 aliphatic carbocycles. The number of aryl methyl sites for hydroxylation is 1. The number of hydrogen-bond acceptors (Lipinski definition) is 1. The summed E-state index contributed by atoms with van der Waals surface area (Å²) in [6, 6.07) is 4.78. The highest BCUT2D eigenvalue weighted by Crippen LogP contribution is 2.19. The summed E-state index contributed by atoms with van der Waals surface area (Å²) in [5.74, 6) is -0.332. The summed E-state index contributed by atoms with van der Waals surface area (Å²) >= 11 is 2.99. The first-order valence-corrected chi connectivity index (χ1v) is 3.80.